The number of H-pyrrole nitrogens is 1. The predicted molar refractivity (Wildman–Crippen MR) is 519 cm³/mol. The number of halogens is 4. The number of benzene rings is 2. The van der Waals surface area contributed by atoms with Gasteiger partial charge >= 0.3 is 34.4 Å². The number of alkyl halides is 3. The Labute approximate surface area is 796 Å². The van der Waals surface area contributed by atoms with Crippen molar-refractivity contribution < 1.29 is 71.7 Å². The molecule has 2 amide bonds. The van der Waals surface area contributed by atoms with E-state index in [1.807, 2.05) is 143 Å². The van der Waals surface area contributed by atoms with E-state index >= 15 is 0 Å². The van der Waals surface area contributed by atoms with E-state index in [1.165, 1.54) is 46.0 Å². The molecule has 2 aromatic carbocycles. The zero-order chi connectivity index (χ0) is 99.8. The van der Waals surface area contributed by atoms with Crippen LogP contribution in [-0.2, 0) is 39.4 Å². The quantitative estimate of drug-likeness (QED) is 0.00921. The third kappa shape index (κ3) is 27.3. The van der Waals surface area contributed by atoms with Crippen LogP contribution in [0.5, 0.6) is 17.5 Å². The zero-order valence-corrected chi connectivity index (χ0v) is 79.4. The van der Waals surface area contributed by atoms with Gasteiger partial charge in [-0.15, -0.1) is 20.4 Å². The lowest BCUT2D eigenvalue weighted by atomic mass is 9.82. The summed E-state index contributed by atoms with van der Waals surface area (Å²) in [6.07, 6.45) is 28.4. The van der Waals surface area contributed by atoms with Crippen molar-refractivity contribution in [3.63, 3.8) is 0 Å². The number of nitrogen functional groups attached to an aromatic ring is 1. The third-order valence-electron chi connectivity index (χ3n) is 19.2. The van der Waals surface area contributed by atoms with E-state index in [0.717, 1.165) is 112 Å². The molecule has 42 nitrogen and oxygen atoms in total. The van der Waals surface area contributed by atoms with Gasteiger partial charge in [0.15, 0.2) is 0 Å². The van der Waals surface area contributed by atoms with E-state index < -0.39 is 48.4 Å². The van der Waals surface area contributed by atoms with Crippen LogP contribution < -0.4 is 56.3 Å². The lowest BCUT2D eigenvalue weighted by Gasteiger charge is -2.25. The number of nitrogens with zero attached hydrogens (tertiary/aromatic N) is 23. The van der Waals surface area contributed by atoms with Crippen LogP contribution in [0, 0.1) is 0 Å². The van der Waals surface area contributed by atoms with Gasteiger partial charge in [-0.3, -0.25) is 39.0 Å². The van der Waals surface area contributed by atoms with Crippen molar-refractivity contribution in [2.75, 3.05) is 127 Å². The summed E-state index contributed by atoms with van der Waals surface area (Å²) in [5.74, 6) is 0.957. The Kier molecular flexibility index (Phi) is 34.5. The first-order chi connectivity index (χ1) is 65.7. The summed E-state index contributed by atoms with van der Waals surface area (Å²) >= 11 is 3.25. The topological polar surface area (TPSA) is 515 Å². The van der Waals surface area contributed by atoms with Gasteiger partial charge in [-0.1, -0.05) is 19.2 Å². The molecular weight excluding hydrogens is 1920 g/mol. The lowest BCUT2D eigenvalue weighted by molar-refractivity contribution is -0.112. The fourth-order valence-electron chi connectivity index (χ4n) is 12.4. The average Bonchev–Trinajstić information content (AvgIpc) is 1.79. The number of hydrogen-bond donors (Lipinski definition) is 7. The predicted octanol–water partition coefficient (Wildman–Crippen LogP) is 9.02. The number of likely N-dealkylation sites (N-methyl/N-ethyl adjacent to an activating group) is 4. The molecule has 50 heteroatoms. The average molecular weight is 2010 g/mol. The number of ether oxygens (including phenoxy) is 2. The molecule has 8 N–H and O–H groups in total. The molecule has 0 bridgehead atoms. The summed E-state index contributed by atoms with van der Waals surface area (Å²) in [7, 11) is 1.13. The largest absolute Gasteiger partial charge is 0.534 e. The zero-order valence-electron chi connectivity index (χ0n) is 75.4. The van der Waals surface area contributed by atoms with E-state index in [1.54, 1.807) is 140 Å². The van der Waals surface area contributed by atoms with Gasteiger partial charge in [0.25, 0.3) is 10.3 Å². The molecule has 0 aliphatic rings. The molecule has 0 aliphatic carbocycles. The lowest BCUT2D eigenvalue weighted by Crippen LogP contribution is -2.29. The van der Waals surface area contributed by atoms with Crippen LogP contribution in [0.1, 0.15) is 0 Å². The molecule has 0 aliphatic heterocycles. The molecule has 0 saturated heterocycles. The van der Waals surface area contributed by atoms with E-state index in [4.69, 9.17) is 25.3 Å². The second-order valence-corrected chi connectivity index (χ2v) is 36.0. The van der Waals surface area contributed by atoms with Crippen molar-refractivity contribution in [1.29, 1.82) is 0 Å². The Balaban J connectivity index is 0.000000160. The summed E-state index contributed by atoms with van der Waals surface area (Å²) in [6, 6.07) is 42.5. The number of nitrogens with one attached hydrogen (secondary N) is 4. The van der Waals surface area contributed by atoms with Crippen molar-refractivity contribution in [1.82, 2.24) is 108 Å². The van der Waals surface area contributed by atoms with E-state index in [2.05, 4.69) is 139 Å². The van der Waals surface area contributed by atoms with Crippen molar-refractivity contribution in [3.05, 3.63) is 279 Å². The Morgan fingerprint density at radius 3 is 1.34 bits per heavy atom. The molecule has 716 valence electrons. The molecule has 17 aromatic rings. The SMILES string of the molecule is C=CC(=O)Nc1cc(N)c(OC)cc1N(C)CCN(C)C.C=CC(=O)Nc1cc(Nc2ncc3ccc(-c4cccnc4)n3n2)c(OC)cc1N(C)CCN(C)C.CS(=O)(=O)c1ncc2ccc(-c3cccnc3)n2n1.CS(=O)(=O)c1ncc2ccc(Br)n2n1.O=S(=O)(Oc1ncc2ccc(-c3cccnc3)n2n1)C(F)(F)F.O=c1ncc2ccc(-c3cccnc3)n2[nH]1.OB(O)c1cccnc1. The van der Waals surface area contributed by atoms with Gasteiger partial charge in [0.05, 0.1) is 130 Å². The van der Waals surface area contributed by atoms with Crippen LogP contribution in [-0.4, -0.2) is 263 Å². The number of nitrogens with two attached hydrogens (primary N) is 1. The Bertz CT molecular complexity index is 7530. The number of aromatic nitrogens is 20. The number of sulfone groups is 2. The Hall–Kier alpha value is -15.9. The van der Waals surface area contributed by atoms with Crippen LogP contribution in [0.25, 0.3) is 72.6 Å². The summed E-state index contributed by atoms with van der Waals surface area (Å²) in [5.41, 5.74) is 14.4. The smallest absolute Gasteiger partial charge is 0.495 e. The van der Waals surface area contributed by atoms with Crippen LogP contribution >= 0.6 is 15.9 Å². The second-order valence-electron chi connectivity index (χ2n) is 29.8. The van der Waals surface area contributed by atoms with Gasteiger partial charge in [-0.25, -0.2) is 59.7 Å². The monoisotopic (exact) mass is 2010 g/mol. The van der Waals surface area contributed by atoms with E-state index in [9.17, 15) is 52.8 Å². The van der Waals surface area contributed by atoms with Gasteiger partial charge in [-0.05, 0) is 184 Å². The number of hydrogen-bond acceptors (Lipinski definition) is 34. The fourth-order valence-corrected chi connectivity index (χ4v) is 14.1. The summed E-state index contributed by atoms with van der Waals surface area (Å²) in [4.78, 5) is 82.3. The van der Waals surface area contributed by atoms with Gasteiger partial charge in [0.2, 0.25) is 37.4 Å². The highest BCUT2D eigenvalue weighted by atomic mass is 79.9. The summed E-state index contributed by atoms with van der Waals surface area (Å²) in [5, 5.41) is 44.6. The number of methoxy groups -OCH3 is 2. The molecule has 0 spiro atoms. The number of rotatable bonds is 25. The third-order valence-corrected chi connectivity index (χ3v) is 22.5. The second kappa shape index (κ2) is 46.4. The highest BCUT2D eigenvalue weighted by Gasteiger charge is 2.49. The van der Waals surface area contributed by atoms with Gasteiger partial charge in [-0.2, -0.15) is 31.6 Å². The van der Waals surface area contributed by atoms with Crippen LogP contribution in [0.3, 0.4) is 0 Å². The molecule has 0 fully saturated rings. The summed E-state index contributed by atoms with van der Waals surface area (Å²) < 4.78 is 128. The van der Waals surface area contributed by atoms with Crippen LogP contribution in [0.2, 0.25) is 0 Å². The minimum atomic E-state index is -5.83. The normalized spacial score (nSPS) is 11.2. The number of fused-ring (bicyclic) bond motifs is 5. The number of carbonyl (C=O) groups excluding carboxylic acids is 2. The van der Waals surface area contributed by atoms with Crippen molar-refractivity contribution >= 4 is 138 Å². The molecule has 0 saturated carbocycles. The highest BCUT2D eigenvalue weighted by molar-refractivity contribution is 9.10. The minimum absolute atomic E-state index is 0.179. The molecule has 0 unspecified atom stereocenters. The molecule has 0 radical (unpaired) electrons. The van der Waals surface area contributed by atoms with Crippen LogP contribution in [0.4, 0.5) is 53.2 Å². The van der Waals surface area contributed by atoms with E-state index in [0.29, 0.717) is 67.0 Å². The maximum Gasteiger partial charge on any atom is 0.534 e. The van der Waals surface area contributed by atoms with Gasteiger partial charge in [0.1, 0.15) is 16.1 Å². The maximum absolute atomic E-state index is 12.3. The van der Waals surface area contributed by atoms with Crippen molar-refractivity contribution in [2.24, 2.45) is 0 Å². The van der Waals surface area contributed by atoms with Crippen LogP contribution in [0.15, 0.2) is 284 Å². The van der Waals surface area contributed by atoms with Crippen molar-refractivity contribution in [3.8, 4) is 62.5 Å². The van der Waals surface area contributed by atoms with E-state index in [-0.39, 0.29) is 27.8 Å². The molecule has 15 aromatic heterocycles. The maximum atomic E-state index is 12.3. The minimum Gasteiger partial charge on any atom is -0.495 e. The Morgan fingerprint density at radius 1 is 0.500 bits per heavy atom. The molecular formula is C88H91BBrF3N28O14S3. The van der Waals surface area contributed by atoms with Crippen molar-refractivity contribution in [2.45, 2.75) is 15.8 Å². The highest BCUT2D eigenvalue weighted by Crippen LogP contribution is 2.39. The molecule has 0 atom stereocenters. The Morgan fingerprint density at radius 2 is 0.906 bits per heavy atom. The fraction of sp³-hybridized carbons (Fsp3) is 0.170. The summed E-state index contributed by atoms with van der Waals surface area (Å²) in [6.45, 7) is 10.3. The molecule has 138 heavy (non-hydrogen) atoms. The number of pyridine rings is 5. The molecule has 17 rings (SSSR count). The molecule has 15 heterocycles. The first-order valence-corrected chi connectivity index (χ1v) is 46.7. The number of carbonyl (C=O) groups is 2. The first kappa shape index (κ1) is 103. The first-order valence-electron chi connectivity index (χ1n) is 40.7. The van der Waals surface area contributed by atoms with Gasteiger partial charge in [0, 0.05) is 155 Å². The number of anilines is 7. The van der Waals surface area contributed by atoms with Gasteiger partial charge < -0.3 is 65.0 Å². The number of aromatic amines is 1. The number of amides is 2. The standard InChI is InChI=1S/C26H30N8O2.C15H24N4O2.C12H7F3N4O3S.C12H10N4O2S.C11H8N4O.C7H6BrN3O2S.C5H6BNO2/c1-6-25(35)29-20-14-21(24(36-5)15-23(20)33(4)13-12-32(2)3)30-26-28-17-19-9-10-22(34(19)31-26)18-8-7-11-27-16-18;1-6-15(20)17-12-9-11(16)14(21-5)10-13(12)19(4)8-7-18(2)3;13-12(14,15)23(20,21)22-11-17-7-9-3-4-10(19(9)18-11)8-2-1-5-16-6-8;1-19(17,18)12-14-8-10-4-5-11(16(10)15-12)9-3-2-6-13-7-9;16-11-13-7-9-3-4-10(15(9)14-11)8-2-1-5-12-6-8;1-14(12,13)7-9-4-5-2-3-6(8)11(5)10-7;8-6(9)5-2-1-3-7-4-5/h6-11,14-17H,1,12-13H2,2-5H3,(H,29,35)(H,30,31);6,9-10H,1,7-8,16H2,2-5H3,(H,17,20);1-7H;2-8H,1H3;1-7H,(H,14,16);2-4H,1H3;1-4,8-9H.